The Morgan fingerprint density at radius 1 is 0.879 bits per heavy atom. The first-order valence-corrected chi connectivity index (χ1v) is 20.7. The van der Waals surface area contributed by atoms with E-state index in [1.165, 1.54) is 6.92 Å². The topological polar surface area (TPSA) is 155 Å². The lowest BCUT2D eigenvalue weighted by Gasteiger charge is -2.33. The van der Waals surface area contributed by atoms with Gasteiger partial charge in [-0.05, 0) is 89.2 Å². The number of likely N-dealkylation sites (tertiary alicyclic amines) is 1. The SMILES string of the molecule is C=C([C@H](/C=C/[C@H](CC(C)C)NC(=O)OC(C)(C)C)Cc1ccccc1)N1CCC[C@H]1C(=O)N[C@H](C(=O)N[C@@H](CCCNC(=O)OCc1ccccc1)C(C)=O)C(C)C. The molecule has 4 N–H and O–H groups in total. The highest BCUT2D eigenvalue weighted by molar-refractivity contribution is 5.93. The van der Waals surface area contributed by atoms with E-state index in [1.54, 1.807) is 0 Å². The van der Waals surface area contributed by atoms with Crippen LogP contribution in [-0.2, 0) is 36.9 Å². The predicted octanol–water partition coefficient (Wildman–Crippen LogP) is 7.24. The Balaban J connectivity index is 1.67. The van der Waals surface area contributed by atoms with Gasteiger partial charge in [0.05, 0.1) is 12.1 Å². The van der Waals surface area contributed by atoms with Gasteiger partial charge in [-0.2, -0.15) is 0 Å². The largest absolute Gasteiger partial charge is 0.445 e. The van der Waals surface area contributed by atoms with Crippen LogP contribution in [0.15, 0.2) is 85.1 Å². The van der Waals surface area contributed by atoms with Crippen LogP contribution >= 0.6 is 0 Å². The lowest BCUT2D eigenvalue weighted by Crippen LogP contribution is -2.56. The average molecular weight is 802 g/mol. The summed E-state index contributed by atoms with van der Waals surface area (Å²) in [5, 5.41) is 11.6. The number of hydrogen-bond acceptors (Lipinski definition) is 8. The number of ether oxygens (including phenoxy) is 2. The molecule has 0 unspecified atom stereocenters. The normalized spacial score (nSPS) is 16.3. The molecule has 4 amide bonds. The Morgan fingerprint density at radius 2 is 1.52 bits per heavy atom. The van der Waals surface area contributed by atoms with E-state index in [0.29, 0.717) is 44.6 Å². The van der Waals surface area contributed by atoms with Crippen LogP contribution in [0.3, 0.4) is 0 Å². The maximum atomic E-state index is 14.0. The van der Waals surface area contributed by atoms with E-state index in [2.05, 4.69) is 59.9 Å². The first kappa shape index (κ1) is 47.2. The van der Waals surface area contributed by atoms with E-state index < -0.39 is 41.8 Å². The van der Waals surface area contributed by atoms with Crippen molar-refractivity contribution in [1.29, 1.82) is 0 Å². The minimum atomic E-state index is -0.883. The first-order chi connectivity index (χ1) is 27.4. The molecule has 0 radical (unpaired) electrons. The Bertz CT molecular complexity index is 1670. The molecule has 318 valence electrons. The van der Waals surface area contributed by atoms with Gasteiger partial charge < -0.3 is 35.6 Å². The number of alkyl carbamates (subject to hydrolysis) is 2. The van der Waals surface area contributed by atoms with E-state index in [4.69, 9.17) is 9.47 Å². The Labute approximate surface area is 346 Å². The molecule has 1 saturated heterocycles. The van der Waals surface area contributed by atoms with Crippen LogP contribution in [0.1, 0.15) is 98.6 Å². The summed E-state index contributed by atoms with van der Waals surface area (Å²) in [5.74, 6) is -1.09. The van der Waals surface area contributed by atoms with Crippen LogP contribution in [0.4, 0.5) is 9.59 Å². The van der Waals surface area contributed by atoms with Gasteiger partial charge in [0.25, 0.3) is 0 Å². The highest BCUT2D eigenvalue weighted by atomic mass is 16.6. The van der Waals surface area contributed by atoms with Crippen molar-refractivity contribution in [2.75, 3.05) is 13.1 Å². The standard InChI is InChI=1S/C46H67N5O7/c1-31(2)28-38(48-45(56)58-46(7,8)9)25-24-37(29-35-18-12-10-13-19-35)33(5)51-27-17-23-40(51)42(53)50-41(32(3)4)43(54)49-39(34(6)52)22-16-26-47-44(55)57-30-36-20-14-11-15-21-36/h10-15,18-21,24-25,31-32,37-41H,5,16-17,22-23,26-30H2,1-4,6-9H3,(H,47,55)(H,48,56)(H,49,54)(H,50,53)/b25-24+/t37-,38-,39+,40+,41+/m1/s1. The average Bonchev–Trinajstić information content (AvgIpc) is 3.65. The zero-order valence-electron chi connectivity index (χ0n) is 35.8. The van der Waals surface area contributed by atoms with Gasteiger partial charge in [0.2, 0.25) is 11.8 Å². The summed E-state index contributed by atoms with van der Waals surface area (Å²) in [4.78, 5) is 67.3. The van der Waals surface area contributed by atoms with Gasteiger partial charge in [-0.3, -0.25) is 14.4 Å². The molecule has 1 heterocycles. The summed E-state index contributed by atoms with van der Waals surface area (Å²) in [6, 6.07) is 16.9. The van der Waals surface area contributed by atoms with Crippen molar-refractivity contribution >= 4 is 29.8 Å². The summed E-state index contributed by atoms with van der Waals surface area (Å²) in [6.07, 6.45) is 6.47. The first-order valence-electron chi connectivity index (χ1n) is 20.7. The molecule has 5 atom stereocenters. The maximum absolute atomic E-state index is 14.0. The van der Waals surface area contributed by atoms with Gasteiger partial charge in [0.1, 0.15) is 24.3 Å². The molecule has 0 aliphatic carbocycles. The quantitative estimate of drug-likeness (QED) is 0.0761. The van der Waals surface area contributed by atoms with E-state index in [0.717, 1.165) is 23.2 Å². The minimum absolute atomic E-state index is 0.146. The number of rotatable bonds is 21. The van der Waals surface area contributed by atoms with Crippen LogP contribution in [0, 0.1) is 17.8 Å². The number of hydrogen-bond donors (Lipinski definition) is 4. The second-order valence-electron chi connectivity index (χ2n) is 16.9. The molecule has 0 spiro atoms. The van der Waals surface area contributed by atoms with Crippen molar-refractivity contribution in [3.8, 4) is 0 Å². The molecule has 2 aromatic rings. The van der Waals surface area contributed by atoms with Crippen molar-refractivity contribution in [2.45, 2.75) is 130 Å². The summed E-state index contributed by atoms with van der Waals surface area (Å²) in [6.45, 7) is 20.4. The molecular weight excluding hydrogens is 735 g/mol. The van der Waals surface area contributed by atoms with E-state index in [-0.39, 0.29) is 42.7 Å². The van der Waals surface area contributed by atoms with Gasteiger partial charge in [-0.1, -0.05) is 107 Å². The Kier molecular flexibility index (Phi) is 19.0. The van der Waals surface area contributed by atoms with E-state index in [9.17, 15) is 24.0 Å². The van der Waals surface area contributed by atoms with E-state index in [1.807, 2.05) is 94.1 Å². The molecule has 1 aliphatic rings. The Hall–Kier alpha value is -5.13. The molecule has 1 fully saturated rings. The number of allylic oxidation sites excluding steroid dienone is 1. The third kappa shape index (κ3) is 16.8. The molecule has 3 rings (SSSR count). The molecule has 0 saturated carbocycles. The lowest BCUT2D eigenvalue weighted by atomic mass is 9.93. The zero-order chi connectivity index (χ0) is 42.8. The summed E-state index contributed by atoms with van der Waals surface area (Å²) >= 11 is 0. The molecule has 12 heteroatoms. The van der Waals surface area contributed by atoms with Gasteiger partial charge in [-0.15, -0.1) is 0 Å². The van der Waals surface area contributed by atoms with Crippen LogP contribution in [-0.4, -0.2) is 77.5 Å². The summed E-state index contributed by atoms with van der Waals surface area (Å²) in [5.41, 5.74) is 2.12. The third-order valence-corrected chi connectivity index (χ3v) is 9.86. The highest BCUT2D eigenvalue weighted by Gasteiger charge is 2.36. The van der Waals surface area contributed by atoms with Crippen molar-refractivity contribution in [3.63, 3.8) is 0 Å². The van der Waals surface area contributed by atoms with Gasteiger partial charge in [0.15, 0.2) is 5.78 Å². The van der Waals surface area contributed by atoms with E-state index >= 15 is 0 Å². The number of amides is 4. The number of nitrogens with one attached hydrogen (secondary N) is 4. The van der Waals surface area contributed by atoms with Crippen molar-refractivity contribution in [1.82, 2.24) is 26.2 Å². The van der Waals surface area contributed by atoms with Crippen molar-refractivity contribution < 1.29 is 33.4 Å². The van der Waals surface area contributed by atoms with Gasteiger partial charge >= 0.3 is 12.2 Å². The molecule has 0 bridgehead atoms. The summed E-state index contributed by atoms with van der Waals surface area (Å²) in [7, 11) is 0. The number of carbonyl (C=O) groups is 5. The zero-order valence-corrected chi connectivity index (χ0v) is 35.8. The highest BCUT2D eigenvalue weighted by Crippen LogP contribution is 2.29. The number of Topliss-reactive ketones (excluding diaryl/α,β-unsaturated/α-hetero) is 1. The van der Waals surface area contributed by atoms with Crippen molar-refractivity contribution in [2.24, 2.45) is 17.8 Å². The van der Waals surface area contributed by atoms with Crippen LogP contribution < -0.4 is 21.3 Å². The second kappa shape index (κ2) is 23.3. The molecule has 0 aromatic heterocycles. The molecule has 2 aromatic carbocycles. The minimum Gasteiger partial charge on any atom is -0.445 e. The number of nitrogens with zero attached hydrogens (tertiary/aromatic N) is 1. The molecule has 12 nitrogen and oxygen atoms in total. The molecule has 1 aliphatic heterocycles. The van der Waals surface area contributed by atoms with Crippen LogP contribution in [0.2, 0.25) is 0 Å². The number of ketones is 1. The molecule has 58 heavy (non-hydrogen) atoms. The monoisotopic (exact) mass is 802 g/mol. The third-order valence-electron chi connectivity index (χ3n) is 9.86. The lowest BCUT2D eigenvalue weighted by molar-refractivity contribution is -0.133. The van der Waals surface area contributed by atoms with Crippen molar-refractivity contribution in [3.05, 3.63) is 96.2 Å². The summed E-state index contributed by atoms with van der Waals surface area (Å²) < 4.78 is 10.8. The fourth-order valence-electron chi connectivity index (χ4n) is 6.88. The van der Waals surface area contributed by atoms with Gasteiger partial charge in [0, 0.05) is 24.7 Å². The van der Waals surface area contributed by atoms with Gasteiger partial charge in [-0.25, -0.2) is 9.59 Å². The number of benzene rings is 2. The second-order valence-corrected chi connectivity index (χ2v) is 16.9. The van der Waals surface area contributed by atoms with Crippen LogP contribution in [0.25, 0.3) is 0 Å². The number of carbonyl (C=O) groups excluding carboxylic acids is 5. The van der Waals surface area contributed by atoms with Crippen LogP contribution in [0.5, 0.6) is 0 Å². The fourth-order valence-corrected chi connectivity index (χ4v) is 6.88. The maximum Gasteiger partial charge on any atom is 0.408 e. The molecular formula is C46H67N5O7. The fraction of sp³-hybridized carbons (Fsp3) is 0.543. The predicted molar refractivity (Wildman–Crippen MR) is 228 cm³/mol. The Morgan fingerprint density at radius 3 is 2.10 bits per heavy atom. The smallest absolute Gasteiger partial charge is 0.408 e.